The molecule has 3 atom stereocenters. The molecule has 1 fully saturated rings. The molecule has 5 rings (SSSR count). The number of rotatable bonds is 7. The number of hydrogen-bond donors (Lipinski definition) is 1. The summed E-state index contributed by atoms with van der Waals surface area (Å²) in [4.78, 5) is 0. The van der Waals surface area contributed by atoms with Crippen LogP contribution in [0.1, 0.15) is 17.2 Å². The van der Waals surface area contributed by atoms with E-state index in [0.29, 0.717) is 6.61 Å². The number of hydrogen-bond acceptors (Lipinski definition) is 4. The number of epoxide rings is 1. The first-order valence-corrected chi connectivity index (χ1v) is 9.62. The minimum Gasteiger partial charge on any atom is -0.491 e. The summed E-state index contributed by atoms with van der Waals surface area (Å²) in [5.41, 5.74) is 4.84. The van der Waals surface area contributed by atoms with Gasteiger partial charge in [-0.15, -0.1) is 0 Å². The fourth-order valence-electron chi connectivity index (χ4n) is 3.90. The summed E-state index contributed by atoms with van der Waals surface area (Å²) in [5, 5.41) is 10.3. The first-order valence-electron chi connectivity index (χ1n) is 9.62. The first-order chi connectivity index (χ1) is 13.8. The Morgan fingerprint density at radius 2 is 1.43 bits per heavy atom. The molecule has 0 saturated carbocycles. The molecule has 1 aliphatic heterocycles. The average molecular weight is 374 g/mol. The Hall–Kier alpha value is -2.66. The molecule has 3 aromatic rings. The minimum absolute atomic E-state index is 0.0880. The van der Waals surface area contributed by atoms with Crippen molar-refractivity contribution < 1.29 is 19.3 Å². The van der Waals surface area contributed by atoms with Crippen molar-refractivity contribution in [1.82, 2.24) is 0 Å². The molecule has 2 aliphatic rings. The van der Waals surface area contributed by atoms with Gasteiger partial charge in [0.05, 0.1) is 6.61 Å². The van der Waals surface area contributed by atoms with Gasteiger partial charge in [-0.25, -0.2) is 0 Å². The highest BCUT2D eigenvalue weighted by molar-refractivity contribution is 5.78. The number of para-hydroxylation sites is 1. The summed E-state index contributed by atoms with van der Waals surface area (Å²) in [6.07, 6.45) is -1.10. The fourth-order valence-corrected chi connectivity index (χ4v) is 3.90. The van der Waals surface area contributed by atoms with Crippen LogP contribution in [0.4, 0.5) is 0 Å². The summed E-state index contributed by atoms with van der Waals surface area (Å²) in [6.45, 7) is 0.653. The molecule has 0 bridgehead atoms. The Labute approximate surface area is 164 Å². The second kappa shape index (κ2) is 7.40. The van der Waals surface area contributed by atoms with Crippen molar-refractivity contribution in [2.75, 3.05) is 13.2 Å². The van der Waals surface area contributed by atoms with E-state index in [0.717, 1.165) is 5.75 Å². The minimum atomic E-state index is -0.669. The van der Waals surface area contributed by atoms with Crippen molar-refractivity contribution in [3.8, 4) is 16.9 Å². The summed E-state index contributed by atoms with van der Waals surface area (Å²) in [6, 6.07) is 26.2. The van der Waals surface area contributed by atoms with Gasteiger partial charge in [-0.1, -0.05) is 66.7 Å². The van der Waals surface area contributed by atoms with Crippen molar-refractivity contribution in [1.29, 1.82) is 0 Å². The van der Waals surface area contributed by atoms with Crippen molar-refractivity contribution in [3.63, 3.8) is 0 Å². The number of ether oxygens (including phenoxy) is 3. The van der Waals surface area contributed by atoms with E-state index in [4.69, 9.17) is 14.2 Å². The van der Waals surface area contributed by atoms with Gasteiger partial charge >= 0.3 is 0 Å². The number of aliphatic hydroxyl groups is 1. The van der Waals surface area contributed by atoms with Crippen LogP contribution in [0.2, 0.25) is 0 Å². The van der Waals surface area contributed by atoms with E-state index >= 15 is 0 Å². The molecule has 4 nitrogen and oxygen atoms in total. The maximum Gasteiger partial charge on any atom is 0.119 e. The van der Waals surface area contributed by atoms with Gasteiger partial charge in [0.2, 0.25) is 0 Å². The lowest BCUT2D eigenvalue weighted by Gasteiger charge is -2.14. The number of fused-ring (bicyclic) bond motifs is 3. The van der Waals surface area contributed by atoms with E-state index in [2.05, 4.69) is 36.4 Å². The van der Waals surface area contributed by atoms with Crippen molar-refractivity contribution in [2.45, 2.75) is 24.4 Å². The Morgan fingerprint density at radius 1 is 0.821 bits per heavy atom. The van der Waals surface area contributed by atoms with Crippen LogP contribution in [0.25, 0.3) is 11.1 Å². The van der Waals surface area contributed by atoms with E-state index in [1.54, 1.807) is 0 Å². The largest absolute Gasteiger partial charge is 0.491 e. The van der Waals surface area contributed by atoms with Gasteiger partial charge in [0.25, 0.3) is 0 Å². The van der Waals surface area contributed by atoms with Gasteiger partial charge in [-0.05, 0) is 34.4 Å². The van der Waals surface area contributed by atoms with Gasteiger partial charge < -0.3 is 19.3 Å². The third-order valence-electron chi connectivity index (χ3n) is 5.37. The highest BCUT2D eigenvalue weighted by Crippen LogP contribution is 2.45. The van der Waals surface area contributed by atoms with Crippen LogP contribution in [-0.2, 0) is 9.47 Å². The Morgan fingerprint density at radius 3 is 2.11 bits per heavy atom. The third kappa shape index (κ3) is 3.31. The van der Waals surface area contributed by atoms with E-state index in [1.807, 2.05) is 42.5 Å². The van der Waals surface area contributed by atoms with Gasteiger partial charge in [-0.2, -0.15) is 0 Å². The van der Waals surface area contributed by atoms with Crippen molar-refractivity contribution >= 4 is 0 Å². The molecule has 0 amide bonds. The third-order valence-corrected chi connectivity index (χ3v) is 5.37. The zero-order valence-corrected chi connectivity index (χ0v) is 15.4. The molecular formula is C24H22O4. The lowest BCUT2D eigenvalue weighted by molar-refractivity contribution is 0.0698. The quantitative estimate of drug-likeness (QED) is 0.636. The topological polar surface area (TPSA) is 51.2 Å². The highest BCUT2D eigenvalue weighted by Gasteiger charge is 2.45. The van der Waals surface area contributed by atoms with Gasteiger partial charge in [0, 0.05) is 0 Å². The normalized spacial score (nSPS) is 21.0. The van der Waals surface area contributed by atoms with E-state index in [-0.39, 0.29) is 24.9 Å². The summed E-state index contributed by atoms with van der Waals surface area (Å²) >= 11 is 0. The molecule has 0 aromatic heterocycles. The summed E-state index contributed by atoms with van der Waals surface area (Å²) in [7, 11) is 0. The molecule has 1 heterocycles. The van der Waals surface area contributed by atoms with Crippen LogP contribution < -0.4 is 4.74 Å². The maximum atomic E-state index is 10.3. The molecule has 1 aliphatic carbocycles. The maximum absolute atomic E-state index is 10.3. The summed E-state index contributed by atoms with van der Waals surface area (Å²) in [5.74, 6) is 0.745. The molecule has 0 spiro atoms. The van der Waals surface area contributed by atoms with Crippen LogP contribution in [0.5, 0.6) is 5.75 Å². The van der Waals surface area contributed by atoms with Crippen LogP contribution in [-0.4, -0.2) is 36.6 Å². The SMILES string of the molecule is OC(COc1ccccc1)C1OC1COC1c2ccccc2-c2ccccc21. The standard InChI is InChI=1S/C24H22O4/c25-21(14-26-16-8-2-1-3-9-16)24-22(28-24)15-27-23-19-12-6-4-10-17(19)18-11-5-7-13-20(18)23/h1-13,21-25H,14-15H2. The molecule has 3 unspecified atom stereocenters. The monoisotopic (exact) mass is 374 g/mol. The van der Waals surface area contributed by atoms with Crippen LogP contribution in [0.15, 0.2) is 78.9 Å². The zero-order chi connectivity index (χ0) is 18.9. The fraction of sp³-hybridized carbons (Fsp3) is 0.250. The molecule has 0 radical (unpaired) electrons. The van der Waals surface area contributed by atoms with Gasteiger partial charge in [0.1, 0.15) is 36.8 Å². The second-order valence-electron chi connectivity index (χ2n) is 7.22. The van der Waals surface area contributed by atoms with E-state index < -0.39 is 6.10 Å². The highest BCUT2D eigenvalue weighted by atomic mass is 16.6. The molecule has 1 N–H and O–H groups in total. The predicted octanol–water partition coefficient (Wildman–Crippen LogP) is 3.98. The Kier molecular flexibility index (Phi) is 4.61. The summed E-state index contributed by atoms with van der Waals surface area (Å²) < 4.78 is 17.5. The first kappa shape index (κ1) is 17.4. The lowest BCUT2D eigenvalue weighted by atomic mass is 10.1. The van der Waals surface area contributed by atoms with Gasteiger partial charge in [0.15, 0.2) is 0 Å². The Balaban J connectivity index is 1.19. The smallest absolute Gasteiger partial charge is 0.119 e. The second-order valence-corrected chi connectivity index (χ2v) is 7.22. The molecule has 1 saturated heterocycles. The molecule has 3 aromatic carbocycles. The molecule has 4 heteroatoms. The molecular weight excluding hydrogens is 352 g/mol. The molecule has 28 heavy (non-hydrogen) atoms. The Bertz CT molecular complexity index is 910. The number of benzene rings is 3. The van der Waals surface area contributed by atoms with E-state index in [9.17, 15) is 5.11 Å². The predicted molar refractivity (Wildman–Crippen MR) is 106 cm³/mol. The van der Waals surface area contributed by atoms with Crippen molar-refractivity contribution in [2.24, 2.45) is 0 Å². The van der Waals surface area contributed by atoms with E-state index in [1.165, 1.54) is 22.3 Å². The van der Waals surface area contributed by atoms with Crippen molar-refractivity contribution in [3.05, 3.63) is 90.0 Å². The molecule has 142 valence electrons. The van der Waals surface area contributed by atoms with Gasteiger partial charge in [-0.3, -0.25) is 0 Å². The van der Waals surface area contributed by atoms with Crippen LogP contribution in [0.3, 0.4) is 0 Å². The van der Waals surface area contributed by atoms with Crippen LogP contribution in [0, 0.1) is 0 Å². The van der Waals surface area contributed by atoms with Crippen LogP contribution >= 0.6 is 0 Å². The lowest BCUT2D eigenvalue weighted by Crippen LogP contribution is -2.26. The average Bonchev–Trinajstić information content (AvgIpc) is 3.46. The zero-order valence-electron chi connectivity index (χ0n) is 15.4. The number of aliphatic hydroxyl groups excluding tert-OH is 1.